The fourth-order valence-corrected chi connectivity index (χ4v) is 1.70. The zero-order valence-corrected chi connectivity index (χ0v) is 8.55. The van der Waals surface area contributed by atoms with Gasteiger partial charge in [0, 0.05) is 11.5 Å². The predicted molar refractivity (Wildman–Crippen MR) is 56.8 cm³/mol. The number of carbonyl (C=O) groups excluding carboxylic acids is 2. The average molecular weight is 220 g/mol. The van der Waals surface area contributed by atoms with Crippen molar-refractivity contribution in [1.29, 1.82) is 0 Å². The van der Waals surface area contributed by atoms with E-state index in [-0.39, 0.29) is 12.0 Å². The second-order valence-electron chi connectivity index (χ2n) is 3.80. The van der Waals surface area contributed by atoms with Crippen molar-refractivity contribution in [2.75, 3.05) is 0 Å². The third kappa shape index (κ3) is 2.13. The number of ether oxygens (including phenoxy) is 1. The zero-order valence-electron chi connectivity index (χ0n) is 8.55. The van der Waals surface area contributed by atoms with Gasteiger partial charge in [0.2, 0.25) is 5.91 Å². The summed E-state index contributed by atoms with van der Waals surface area (Å²) in [6, 6.07) is 6.96. The van der Waals surface area contributed by atoms with E-state index in [1.807, 2.05) is 12.1 Å². The van der Waals surface area contributed by atoms with Crippen molar-refractivity contribution < 1.29 is 14.3 Å². The van der Waals surface area contributed by atoms with E-state index >= 15 is 0 Å². The first-order chi connectivity index (χ1) is 7.58. The Hall–Kier alpha value is -2.04. The number of primary amides is 2. The Bertz CT molecular complexity index is 427. The van der Waals surface area contributed by atoms with Gasteiger partial charge < -0.3 is 16.2 Å². The summed E-state index contributed by atoms with van der Waals surface area (Å²) in [5.41, 5.74) is 11.5. The van der Waals surface area contributed by atoms with Crippen LogP contribution in [0.4, 0.5) is 4.79 Å². The molecule has 0 spiro atoms. The first-order valence-corrected chi connectivity index (χ1v) is 4.94. The average Bonchev–Trinajstić information content (AvgIpc) is 2.96. The Morgan fingerprint density at radius 3 is 2.31 bits per heavy atom. The van der Waals surface area contributed by atoms with E-state index in [4.69, 9.17) is 16.2 Å². The molecule has 5 nitrogen and oxygen atoms in total. The van der Waals surface area contributed by atoms with Gasteiger partial charge in [-0.1, -0.05) is 12.1 Å². The number of hydrogen-bond donors (Lipinski definition) is 2. The van der Waals surface area contributed by atoms with Gasteiger partial charge in [-0.25, -0.2) is 4.79 Å². The van der Waals surface area contributed by atoms with Gasteiger partial charge in [0.1, 0.15) is 6.10 Å². The summed E-state index contributed by atoms with van der Waals surface area (Å²) >= 11 is 0. The molecule has 1 aromatic carbocycles. The van der Waals surface area contributed by atoms with Crippen molar-refractivity contribution >= 4 is 12.0 Å². The Labute approximate surface area is 92.4 Å². The third-order valence-corrected chi connectivity index (χ3v) is 2.62. The van der Waals surface area contributed by atoms with Gasteiger partial charge in [0.05, 0.1) is 0 Å². The molecule has 84 valence electrons. The largest absolute Gasteiger partial charge is 0.446 e. The predicted octanol–water partition coefficient (Wildman–Crippen LogP) is 0.737. The zero-order chi connectivity index (χ0) is 11.7. The number of carbonyl (C=O) groups is 2. The number of hydrogen-bond acceptors (Lipinski definition) is 3. The van der Waals surface area contributed by atoms with Crippen LogP contribution in [0.25, 0.3) is 0 Å². The number of benzene rings is 1. The van der Waals surface area contributed by atoms with Gasteiger partial charge >= 0.3 is 6.09 Å². The van der Waals surface area contributed by atoms with Crippen LogP contribution in [0.15, 0.2) is 24.3 Å². The maximum Gasteiger partial charge on any atom is 0.404 e. The van der Waals surface area contributed by atoms with E-state index in [9.17, 15) is 9.59 Å². The van der Waals surface area contributed by atoms with E-state index in [0.717, 1.165) is 12.0 Å². The first kappa shape index (κ1) is 10.5. The molecule has 4 N–H and O–H groups in total. The molecular weight excluding hydrogens is 208 g/mol. The molecule has 0 aliphatic heterocycles. The van der Waals surface area contributed by atoms with Crippen LogP contribution in [0.3, 0.4) is 0 Å². The maximum atomic E-state index is 10.8. The molecule has 16 heavy (non-hydrogen) atoms. The maximum absolute atomic E-state index is 10.8. The molecule has 1 aliphatic carbocycles. The second kappa shape index (κ2) is 3.84. The van der Waals surface area contributed by atoms with Crippen LogP contribution in [0, 0.1) is 0 Å². The molecule has 5 heteroatoms. The topological polar surface area (TPSA) is 95.4 Å². The molecule has 1 aromatic rings. The van der Waals surface area contributed by atoms with Crippen LogP contribution in [-0.4, -0.2) is 18.1 Å². The van der Waals surface area contributed by atoms with Crippen molar-refractivity contribution in [3.05, 3.63) is 35.4 Å². The van der Waals surface area contributed by atoms with Crippen LogP contribution in [0.2, 0.25) is 0 Å². The van der Waals surface area contributed by atoms with Gasteiger partial charge in [-0.2, -0.15) is 0 Å². The van der Waals surface area contributed by atoms with Crippen LogP contribution < -0.4 is 11.5 Å². The second-order valence-corrected chi connectivity index (χ2v) is 3.80. The normalized spacial score (nSPS) is 22.5. The monoisotopic (exact) mass is 220 g/mol. The SMILES string of the molecule is NC(=O)O[C@@H]1C[C@H]1c1ccc(C(N)=O)cc1. The van der Waals surface area contributed by atoms with E-state index in [1.165, 1.54) is 0 Å². The molecule has 0 heterocycles. The van der Waals surface area contributed by atoms with Crippen molar-refractivity contribution in [2.24, 2.45) is 11.5 Å². The lowest BCUT2D eigenvalue weighted by Crippen LogP contribution is -2.15. The molecule has 1 aliphatic rings. The van der Waals surface area contributed by atoms with Gasteiger partial charge in [0.25, 0.3) is 0 Å². The van der Waals surface area contributed by atoms with Crippen LogP contribution in [-0.2, 0) is 4.74 Å². The fraction of sp³-hybridized carbons (Fsp3) is 0.273. The standard InChI is InChI=1S/C11H12N2O3/c12-10(14)7-3-1-6(2-4-7)8-5-9(8)16-11(13)15/h1-4,8-9H,5H2,(H2,12,14)(H2,13,15)/t8-,9+/m0/s1. The van der Waals surface area contributed by atoms with Crippen LogP contribution in [0.1, 0.15) is 28.3 Å². The summed E-state index contributed by atoms with van der Waals surface area (Å²) in [5.74, 6) is -0.262. The minimum absolute atomic E-state index is 0.128. The third-order valence-electron chi connectivity index (χ3n) is 2.62. The molecule has 0 radical (unpaired) electrons. The minimum atomic E-state index is -0.749. The lowest BCUT2D eigenvalue weighted by Gasteiger charge is -2.02. The Kier molecular flexibility index (Phi) is 2.52. The Balaban J connectivity index is 2.02. The summed E-state index contributed by atoms with van der Waals surface area (Å²) < 4.78 is 4.85. The molecule has 1 fully saturated rings. The highest BCUT2D eigenvalue weighted by Crippen LogP contribution is 2.43. The molecule has 2 rings (SSSR count). The summed E-state index contributed by atoms with van der Waals surface area (Å²) in [4.78, 5) is 21.4. The molecular formula is C11H12N2O3. The molecule has 0 bridgehead atoms. The quantitative estimate of drug-likeness (QED) is 0.786. The van der Waals surface area contributed by atoms with Gasteiger partial charge in [-0.3, -0.25) is 4.79 Å². The van der Waals surface area contributed by atoms with Crippen molar-refractivity contribution in [1.82, 2.24) is 0 Å². The minimum Gasteiger partial charge on any atom is -0.446 e. The number of amides is 2. The first-order valence-electron chi connectivity index (χ1n) is 4.94. The Morgan fingerprint density at radius 1 is 1.19 bits per heavy atom. The molecule has 0 unspecified atom stereocenters. The van der Waals surface area contributed by atoms with Crippen LogP contribution >= 0.6 is 0 Å². The van der Waals surface area contributed by atoms with E-state index < -0.39 is 12.0 Å². The lowest BCUT2D eigenvalue weighted by molar-refractivity contribution is 0.1000. The Morgan fingerprint density at radius 2 is 1.81 bits per heavy atom. The highest BCUT2D eigenvalue weighted by atomic mass is 16.6. The molecule has 2 amide bonds. The van der Waals surface area contributed by atoms with E-state index in [0.29, 0.717) is 5.56 Å². The smallest absolute Gasteiger partial charge is 0.404 e. The molecule has 1 saturated carbocycles. The lowest BCUT2D eigenvalue weighted by atomic mass is 10.1. The van der Waals surface area contributed by atoms with Crippen molar-refractivity contribution in [3.63, 3.8) is 0 Å². The van der Waals surface area contributed by atoms with Gasteiger partial charge in [-0.05, 0) is 24.1 Å². The fourth-order valence-electron chi connectivity index (χ4n) is 1.70. The van der Waals surface area contributed by atoms with Crippen molar-refractivity contribution in [3.8, 4) is 0 Å². The summed E-state index contributed by atoms with van der Waals surface area (Å²) in [6.07, 6.45) is -0.100. The van der Waals surface area contributed by atoms with E-state index in [2.05, 4.69) is 0 Å². The van der Waals surface area contributed by atoms with Gasteiger partial charge in [-0.15, -0.1) is 0 Å². The number of nitrogens with two attached hydrogens (primary N) is 2. The van der Waals surface area contributed by atoms with E-state index in [1.54, 1.807) is 12.1 Å². The highest BCUT2D eigenvalue weighted by molar-refractivity contribution is 5.92. The number of rotatable bonds is 3. The molecule has 0 saturated heterocycles. The van der Waals surface area contributed by atoms with Crippen LogP contribution in [0.5, 0.6) is 0 Å². The summed E-state index contributed by atoms with van der Waals surface area (Å²) in [6.45, 7) is 0. The highest BCUT2D eigenvalue weighted by Gasteiger charge is 2.41. The summed E-state index contributed by atoms with van der Waals surface area (Å²) in [7, 11) is 0. The molecule has 2 atom stereocenters. The van der Waals surface area contributed by atoms with Crippen molar-refractivity contribution in [2.45, 2.75) is 18.4 Å². The molecule has 0 aromatic heterocycles. The summed E-state index contributed by atoms with van der Waals surface area (Å²) in [5, 5.41) is 0. The van der Waals surface area contributed by atoms with Gasteiger partial charge in [0.15, 0.2) is 0 Å².